The van der Waals surface area contributed by atoms with Crippen LogP contribution in [0.3, 0.4) is 0 Å². The van der Waals surface area contributed by atoms with Crippen molar-refractivity contribution in [2.24, 2.45) is 5.92 Å². The summed E-state index contributed by atoms with van der Waals surface area (Å²) >= 11 is 0. The maximum Gasteiger partial charge on any atom is 0.174 e. The Morgan fingerprint density at radius 1 is 1.33 bits per heavy atom. The van der Waals surface area contributed by atoms with Gasteiger partial charge < -0.3 is 9.47 Å². The summed E-state index contributed by atoms with van der Waals surface area (Å²) in [5.74, 6) is 2.99. The Morgan fingerprint density at radius 2 is 1.92 bits per heavy atom. The monoisotopic (exact) mass is 166 g/mol. The van der Waals surface area contributed by atoms with Gasteiger partial charge in [0.2, 0.25) is 0 Å². The van der Waals surface area contributed by atoms with E-state index in [9.17, 15) is 0 Å². The lowest BCUT2D eigenvalue weighted by Gasteiger charge is -2.49. The average Bonchev–Trinajstić information content (AvgIpc) is 2.04. The second-order valence-electron chi connectivity index (χ2n) is 3.65. The van der Waals surface area contributed by atoms with E-state index in [1.807, 2.05) is 6.92 Å². The number of terminal acetylenes is 1. The van der Waals surface area contributed by atoms with E-state index in [0.717, 1.165) is 25.7 Å². The molecule has 0 bridgehead atoms. The van der Waals surface area contributed by atoms with Crippen molar-refractivity contribution in [3.8, 4) is 12.3 Å². The van der Waals surface area contributed by atoms with E-state index in [-0.39, 0.29) is 12.1 Å². The molecular weight excluding hydrogens is 152 g/mol. The molecule has 0 unspecified atom stereocenters. The summed E-state index contributed by atoms with van der Waals surface area (Å²) in [4.78, 5) is 0. The van der Waals surface area contributed by atoms with E-state index < -0.39 is 0 Å². The van der Waals surface area contributed by atoms with Crippen LogP contribution in [0, 0.1) is 18.3 Å². The summed E-state index contributed by atoms with van der Waals surface area (Å²) in [7, 11) is 0. The molecule has 0 amide bonds. The molecule has 1 aliphatic carbocycles. The predicted molar refractivity (Wildman–Crippen MR) is 45.2 cm³/mol. The first-order valence-corrected chi connectivity index (χ1v) is 4.56. The topological polar surface area (TPSA) is 18.5 Å². The quantitative estimate of drug-likeness (QED) is 0.512. The maximum absolute atomic E-state index is 5.57. The fraction of sp³-hybridized carbons (Fsp3) is 0.800. The van der Waals surface area contributed by atoms with E-state index >= 15 is 0 Å². The van der Waals surface area contributed by atoms with Gasteiger partial charge in [0.15, 0.2) is 12.1 Å². The molecule has 12 heavy (non-hydrogen) atoms. The van der Waals surface area contributed by atoms with Crippen molar-refractivity contribution in [2.45, 2.75) is 44.7 Å². The number of hydrogen-bond donors (Lipinski definition) is 0. The van der Waals surface area contributed by atoms with E-state index in [4.69, 9.17) is 15.9 Å². The van der Waals surface area contributed by atoms with E-state index in [0.29, 0.717) is 5.92 Å². The smallest absolute Gasteiger partial charge is 0.174 e. The minimum absolute atomic E-state index is 0.00705. The Morgan fingerprint density at radius 3 is 2.33 bits per heavy atom. The molecule has 0 N–H and O–H groups in total. The summed E-state index contributed by atoms with van der Waals surface area (Å²) in [6.45, 7) is 1.93. The van der Waals surface area contributed by atoms with Gasteiger partial charge >= 0.3 is 0 Å². The summed E-state index contributed by atoms with van der Waals surface area (Å²) in [5, 5.41) is 0. The molecule has 0 aromatic rings. The Balaban J connectivity index is 1.88. The van der Waals surface area contributed by atoms with Gasteiger partial charge in [-0.05, 0) is 19.8 Å². The third-order valence-corrected chi connectivity index (χ3v) is 2.74. The summed E-state index contributed by atoms with van der Waals surface area (Å²) < 4.78 is 11.1. The van der Waals surface area contributed by atoms with Crippen molar-refractivity contribution in [3.63, 3.8) is 0 Å². The molecule has 2 heteroatoms. The van der Waals surface area contributed by atoms with Gasteiger partial charge in [0.05, 0.1) is 0 Å². The van der Waals surface area contributed by atoms with Gasteiger partial charge in [-0.15, -0.1) is 12.3 Å². The van der Waals surface area contributed by atoms with Crippen LogP contribution in [0.25, 0.3) is 0 Å². The van der Waals surface area contributed by atoms with Crippen LogP contribution in [0.15, 0.2) is 0 Å². The zero-order valence-corrected chi connectivity index (χ0v) is 7.38. The molecule has 1 saturated heterocycles. The van der Waals surface area contributed by atoms with Crippen molar-refractivity contribution in [3.05, 3.63) is 0 Å². The normalized spacial score (nSPS) is 46.7. The van der Waals surface area contributed by atoms with Crippen LogP contribution in [0.4, 0.5) is 0 Å². The van der Waals surface area contributed by atoms with Crippen molar-refractivity contribution in [2.75, 3.05) is 0 Å². The molecule has 1 saturated carbocycles. The first-order valence-electron chi connectivity index (χ1n) is 4.56. The lowest BCUT2D eigenvalue weighted by Crippen LogP contribution is -2.54. The molecule has 1 aliphatic heterocycles. The molecule has 1 spiro atoms. The van der Waals surface area contributed by atoms with Gasteiger partial charge in [-0.2, -0.15) is 0 Å². The standard InChI is InChI=1S/C10H14O2/c1-3-9-4-6-10(7-5-9)11-8(2)12-10/h1,8-9H,4-7H2,2H3. The molecule has 2 rings (SSSR count). The average molecular weight is 166 g/mol. The van der Waals surface area contributed by atoms with Gasteiger partial charge in [0, 0.05) is 18.8 Å². The maximum atomic E-state index is 5.57. The van der Waals surface area contributed by atoms with E-state index in [2.05, 4.69) is 5.92 Å². The molecule has 2 aliphatic rings. The van der Waals surface area contributed by atoms with Crippen LogP contribution >= 0.6 is 0 Å². The van der Waals surface area contributed by atoms with Crippen LogP contribution in [-0.4, -0.2) is 12.1 Å². The zero-order chi connectivity index (χ0) is 8.60. The molecule has 0 atom stereocenters. The number of ether oxygens (including phenoxy) is 2. The Labute approximate surface area is 73.2 Å². The predicted octanol–water partition coefficient (Wildman–Crippen LogP) is 1.90. The van der Waals surface area contributed by atoms with Crippen molar-refractivity contribution in [1.82, 2.24) is 0 Å². The van der Waals surface area contributed by atoms with E-state index in [1.165, 1.54) is 0 Å². The largest absolute Gasteiger partial charge is 0.321 e. The van der Waals surface area contributed by atoms with Gasteiger partial charge in [0.1, 0.15) is 0 Å². The Hall–Kier alpha value is -0.520. The Bertz CT molecular complexity index is 200. The van der Waals surface area contributed by atoms with Crippen molar-refractivity contribution >= 4 is 0 Å². The number of hydrogen-bond acceptors (Lipinski definition) is 2. The van der Waals surface area contributed by atoms with Crippen LogP contribution in [-0.2, 0) is 9.47 Å². The fourth-order valence-corrected chi connectivity index (χ4v) is 2.07. The van der Waals surface area contributed by atoms with Gasteiger partial charge in [0.25, 0.3) is 0 Å². The Kier molecular flexibility index (Phi) is 1.86. The lowest BCUT2D eigenvalue weighted by molar-refractivity contribution is -0.453. The SMILES string of the molecule is C#CC1CCC2(CC1)OC(C)O2. The molecule has 0 aromatic carbocycles. The second-order valence-corrected chi connectivity index (χ2v) is 3.65. The van der Waals surface area contributed by atoms with Crippen LogP contribution in [0.2, 0.25) is 0 Å². The lowest BCUT2D eigenvalue weighted by atomic mass is 9.85. The molecule has 1 heterocycles. The van der Waals surface area contributed by atoms with Crippen molar-refractivity contribution < 1.29 is 9.47 Å². The second kappa shape index (κ2) is 2.76. The molecule has 66 valence electrons. The summed E-state index contributed by atoms with van der Waals surface area (Å²) in [5.41, 5.74) is 0. The van der Waals surface area contributed by atoms with Crippen LogP contribution < -0.4 is 0 Å². The highest BCUT2D eigenvalue weighted by atomic mass is 16.9. The fourth-order valence-electron chi connectivity index (χ4n) is 2.07. The van der Waals surface area contributed by atoms with Gasteiger partial charge in [-0.25, -0.2) is 0 Å². The third kappa shape index (κ3) is 1.24. The summed E-state index contributed by atoms with van der Waals surface area (Å²) in [6, 6.07) is 0. The van der Waals surface area contributed by atoms with Gasteiger partial charge in [-0.3, -0.25) is 0 Å². The molecule has 2 fully saturated rings. The molecular formula is C10H14O2. The molecule has 2 nitrogen and oxygen atoms in total. The molecule has 0 aromatic heterocycles. The minimum atomic E-state index is -0.243. The minimum Gasteiger partial charge on any atom is -0.321 e. The first kappa shape index (κ1) is 8.10. The zero-order valence-electron chi connectivity index (χ0n) is 7.38. The van der Waals surface area contributed by atoms with Crippen LogP contribution in [0.5, 0.6) is 0 Å². The van der Waals surface area contributed by atoms with E-state index in [1.54, 1.807) is 0 Å². The molecule has 0 radical (unpaired) electrons. The highest BCUT2D eigenvalue weighted by molar-refractivity contribution is 4.98. The van der Waals surface area contributed by atoms with Crippen molar-refractivity contribution in [1.29, 1.82) is 0 Å². The number of rotatable bonds is 0. The highest BCUT2D eigenvalue weighted by Gasteiger charge is 2.46. The third-order valence-electron chi connectivity index (χ3n) is 2.74. The summed E-state index contributed by atoms with van der Waals surface area (Å²) in [6.07, 6.45) is 9.36. The first-order chi connectivity index (χ1) is 5.74. The van der Waals surface area contributed by atoms with Gasteiger partial charge in [-0.1, -0.05) is 0 Å². The van der Waals surface area contributed by atoms with Crippen LogP contribution in [0.1, 0.15) is 32.6 Å². The highest BCUT2D eigenvalue weighted by Crippen LogP contribution is 2.42.